The monoisotopic (exact) mass is 374 g/mol. The van der Waals surface area contributed by atoms with Crippen molar-refractivity contribution in [3.8, 4) is 5.75 Å². The number of amides is 1. The van der Waals surface area contributed by atoms with E-state index in [9.17, 15) is 24.8 Å². The molecule has 2 saturated carbocycles. The third-order valence-corrected chi connectivity index (χ3v) is 5.66. The summed E-state index contributed by atoms with van der Waals surface area (Å²) in [5.74, 6) is -2.84. The second-order valence-electron chi connectivity index (χ2n) is 7.27. The van der Waals surface area contributed by atoms with Gasteiger partial charge < -0.3 is 15.2 Å². The Morgan fingerprint density at radius 3 is 2.37 bits per heavy atom. The molecule has 1 aromatic carbocycles. The van der Waals surface area contributed by atoms with E-state index in [1.165, 1.54) is 25.3 Å². The fraction of sp³-hybridized carbons (Fsp3) is 0.474. The zero-order valence-electron chi connectivity index (χ0n) is 15.4. The van der Waals surface area contributed by atoms with Gasteiger partial charge >= 0.3 is 5.97 Å². The van der Waals surface area contributed by atoms with E-state index in [0.717, 1.165) is 24.0 Å². The molecule has 2 fully saturated rings. The number of carboxylic acids is 1. The van der Waals surface area contributed by atoms with Crippen LogP contribution in [0.15, 0.2) is 29.3 Å². The summed E-state index contributed by atoms with van der Waals surface area (Å²) in [6, 6.07) is 3.92. The Bertz CT molecular complexity index is 843. The van der Waals surface area contributed by atoms with Gasteiger partial charge in [-0.05, 0) is 44.6 Å². The van der Waals surface area contributed by atoms with Crippen molar-refractivity contribution < 1.29 is 24.4 Å². The molecule has 2 N–H and O–H groups in total. The summed E-state index contributed by atoms with van der Waals surface area (Å²) >= 11 is 0. The summed E-state index contributed by atoms with van der Waals surface area (Å²) < 4.78 is 5.18. The van der Waals surface area contributed by atoms with Crippen molar-refractivity contribution in [2.45, 2.75) is 26.7 Å². The number of rotatable bonds is 5. The van der Waals surface area contributed by atoms with Gasteiger partial charge in [-0.25, -0.2) is 0 Å². The van der Waals surface area contributed by atoms with Gasteiger partial charge in [0.2, 0.25) is 5.91 Å². The van der Waals surface area contributed by atoms with E-state index in [-0.39, 0.29) is 29.0 Å². The van der Waals surface area contributed by atoms with Gasteiger partial charge in [-0.1, -0.05) is 11.1 Å². The second-order valence-corrected chi connectivity index (χ2v) is 7.27. The SMILES string of the molecule is COc1ccc([N+](=O)[O-])cc1NC(=O)[C@@H]1[C@@H](C(=O)O)[C@H]2CC[C@H]1C2=C(C)C. The number of nitrogens with one attached hydrogen (secondary N) is 1. The van der Waals surface area contributed by atoms with E-state index in [4.69, 9.17) is 4.74 Å². The first kappa shape index (κ1) is 18.9. The molecule has 144 valence electrons. The Morgan fingerprint density at radius 2 is 1.85 bits per heavy atom. The summed E-state index contributed by atoms with van der Waals surface area (Å²) in [6.45, 7) is 3.90. The lowest BCUT2D eigenvalue weighted by Gasteiger charge is -2.26. The molecule has 27 heavy (non-hydrogen) atoms. The van der Waals surface area contributed by atoms with Gasteiger partial charge in [0.05, 0.1) is 29.6 Å². The van der Waals surface area contributed by atoms with Crippen molar-refractivity contribution in [3.63, 3.8) is 0 Å². The van der Waals surface area contributed by atoms with Gasteiger partial charge in [0.1, 0.15) is 5.75 Å². The third kappa shape index (κ3) is 3.15. The van der Waals surface area contributed by atoms with Crippen LogP contribution in [0.2, 0.25) is 0 Å². The van der Waals surface area contributed by atoms with Gasteiger partial charge in [-0.15, -0.1) is 0 Å². The highest BCUT2D eigenvalue weighted by atomic mass is 16.6. The average Bonchev–Trinajstić information content (AvgIpc) is 3.17. The van der Waals surface area contributed by atoms with Crippen molar-refractivity contribution in [3.05, 3.63) is 39.5 Å². The Morgan fingerprint density at radius 1 is 1.22 bits per heavy atom. The Kier molecular flexibility index (Phi) is 4.91. The Hall–Kier alpha value is -2.90. The number of ether oxygens (including phenoxy) is 1. The first-order valence-electron chi connectivity index (χ1n) is 8.79. The van der Waals surface area contributed by atoms with E-state index >= 15 is 0 Å². The van der Waals surface area contributed by atoms with Crippen LogP contribution in [0.1, 0.15) is 26.7 Å². The van der Waals surface area contributed by atoms with Crippen molar-refractivity contribution in [2.75, 3.05) is 12.4 Å². The third-order valence-electron chi connectivity index (χ3n) is 5.66. The lowest BCUT2D eigenvalue weighted by molar-refractivity contribution is -0.384. The minimum atomic E-state index is -0.980. The number of nitro benzene ring substituents is 1. The van der Waals surface area contributed by atoms with Crippen LogP contribution < -0.4 is 10.1 Å². The first-order valence-corrected chi connectivity index (χ1v) is 8.79. The van der Waals surface area contributed by atoms with Crippen LogP contribution in [0.25, 0.3) is 0 Å². The number of nitro groups is 1. The van der Waals surface area contributed by atoms with Crippen LogP contribution in [-0.2, 0) is 9.59 Å². The molecular formula is C19H22N2O6. The van der Waals surface area contributed by atoms with Gasteiger partial charge in [0.25, 0.3) is 5.69 Å². The van der Waals surface area contributed by atoms with Crippen LogP contribution in [0.3, 0.4) is 0 Å². The molecule has 0 heterocycles. The topological polar surface area (TPSA) is 119 Å². The zero-order valence-corrected chi connectivity index (χ0v) is 15.4. The summed E-state index contributed by atoms with van der Waals surface area (Å²) in [4.78, 5) is 35.4. The van der Waals surface area contributed by atoms with Crippen LogP contribution in [0, 0.1) is 33.8 Å². The number of carbonyl (C=O) groups excluding carboxylic acids is 1. The minimum absolute atomic E-state index is 0.106. The van der Waals surface area contributed by atoms with E-state index in [1.54, 1.807) is 0 Å². The molecule has 3 rings (SSSR count). The molecular weight excluding hydrogens is 352 g/mol. The average molecular weight is 374 g/mol. The Balaban J connectivity index is 1.94. The van der Waals surface area contributed by atoms with Crippen molar-refractivity contribution >= 4 is 23.3 Å². The molecule has 8 heteroatoms. The molecule has 0 saturated heterocycles. The Labute approximate surface area is 156 Å². The molecule has 0 aromatic heterocycles. The van der Waals surface area contributed by atoms with Crippen molar-refractivity contribution in [2.24, 2.45) is 23.7 Å². The predicted molar refractivity (Wildman–Crippen MR) is 97.5 cm³/mol. The smallest absolute Gasteiger partial charge is 0.307 e. The fourth-order valence-corrected chi connectivity index (χ4v) is 4.73. The molecule has 2 aliphatic rings. The summed E-state index contributed by atoms with van der Waals surface area (Å²) in [6.07, 6.45) is 1.55. The molecule has 0 spiro atoms. The number of fused-ring (bicyclic) bond motifs is 2. The number of non-ortho nitro benzene ring substituents is 1. The van der Waals surface area contributed by atoms with E-state index in [2.05, 4.69) is 5.32 Å². The van der Waals surface area contributed by atoms with E-state index in [0.29, 0.717) is 0 Å². The quantitative estimate of drug-likeness (QED) is 0.464. The van der Waals surface area contributed by atoms with Gasteiger partial charge in [0.15, 0.2) is 0 Å². The highest BCUT2D eigenvalue weighted by Gasteiger charge is 2.57. The highest BCUT2D eigenvalue weighted by molar-refractivity contribution is 5.98. The lowest BCUT2D eigenvalue weighted by Crippen LogP contribution is -2.37. The van der Waals surface area contributed by atoms with Crippen LogP contribution >= 0.6 is 0 Å². The zero-order chi connectivity index (χ0) is 19.9. The molecule has 4 atom stereocenters. The largest absolute Gasteiger partial charge is 0.495 e. The number of hydrogen-bond acceptors (Lipinski definition) is 5. The van der Waals surface area contributed by atoms with Gasteiger partial charge in [-0.2, -0.15) is 0 Å². The maximum atomic E-state index is 13.0. The minimum Gasteiger partial charge on any atom is -0.495 e. The van der Waals surface area contributed by atoms with Crippen molar-refractivity contribution in [1.29, 1.82) is 0 Å². The fourth-order valence-electron chi connectivity index (χ4n) is 4.73. The number of benzene rings is 1. The number of hydrogen-bond donors (Lipinski definition) is 2. The first-order chi connectivity index (χ1) is 12.8. The van der Waals surface area contributed by atoms with E-state index in [1.807, 2.05) is 13.8 Å². The molecule has 0 aliphatic heterocycles. The van der Waals surface area contributed by atoms with Crippen LogP contribution in [0.4, 0.5) is 11.4 Å². The summed E-state index contributed by atoms with van der Waals surface area (Å²) in [5.41, 5.74) is 2.13. The molecule has 2 bridgehead atoms. The number of nitrogens with zero attached hydrogens (tertiary/aromatic N) is 1. The number of anilines is 1. The highest BCUT2D eigenvalue weighted by Crippen LogP contribution is 2.57. The number of methoxy groups -OCH3 is 1. The molecule has 0 radical (unpaired) electrons. The number of aliphatic carboxylic acids is 1. The maximum Gasteiger partial charge on any atom is 0.307 e. The second kappa shape index (κ2) is 7.02. The van der Waals surface area contributed by atoms with Crippen molar-refractivity contribution in [1.82, 2.24) is 0 Å². The molecule has 2 aliphatic carbocycles. The molecule has 1 aromatic rings. The van der Waals surface area contributed by atoms with E-state index < -0.39 is 28.6 Å². The normalized spacial score (nSPS) is 26.0. The predicted octanol–water partition coefficient (Wildman–Crippen LogP) is 3.24. The molecule has 0 unspecified atom stereocenters. The standard InChI is InChI=1S/C19H22N2O6/c1-9(2)15-11-5-6-12(15)17(19(23)24)16(11)18(22)20-13-8-10(21(25)26)4-7-14(13)27-3/h4,7-8,11-12,16-17H,5-6H2,1-3H3,(H,20,22)(H,23,24)/t11-,12-,16-,17-/m0/s1. The lowest BCUT2D eigenvalue weighted by atomic mass is 9.78. The van der Waals surface area contributed by atoms with Crippen LogP contribution in [0.5, 0.6) is 5.75 Å². The summed E-state index contributed by atoms with van der Waals surface area (Å²) in [5, 5.41) is 23.4. The summed E-state index contributed by atoms with van der Waals surface area (Å²) in [7, 11) is 1.40. The molecule has 8 nitrogen and oxygen atoms in total. The number of allylic oxidation sites excluding steroid dienone is 2. The number of carbonyl (C=O) groups is 2. The maximum absolute atomic E-state index is 13.0. The van der Waals surface area contributed by atoms with Crippen LogP contribution in [-0.4, -0.2) is 29.0 Å². The molecule has 1 amide bonds. The van der Waals surface area contributed by atoms with Gasteiger partial charge in [-0.3, -0.25) is 19.7 Å². The number of carboxylic acid groups (broad SMARTS) is 1. The van der Waals surface area contributed by atoms with Gasteiger partial charge in [0, 0.05) is 12.1 Å².